The zero-order valence-electron chi connectivity index (χ0n) is 13.1. The highest BCUT2D eigenvalue weighted by molar-refractivity contribution is 5.64. The number of hydrogen-bond acceptors (Lipinski definition) is 5. The molecule has 0 aromatic carbocycles. The predicted molar refractivity (Wildman–Crippen MR) is 86.5 cm³/mol. The second-order valence-electron chi connectivity index (χ2n) is 5.11. The zero-order chi connectivity index (χ0) is 15.8. The molecule has 0 radical (unpaired) electrons. The zero-order valence-corrected chi connectivity index (χ0v) is 13.1. The van der Waals surface area contributed by atoms with E-state index in [2.05, 4.69) is 10.6 Å². The van der Waals surface area contributed by atoms with Crippen LogP contribution < -0.4 is 22.1 Å². The van der Waals surface area contributed by atoms with Crippen molar-refractivity contribution in [1.29, 1.82) is 0 Å². The lowest BCUT2D eigenvalue weighted by Crippen LogP contribution is -2.33. The molecule has 0 spiro atoms. The number of amides is 1. The number of unbranched alkanes of at least 4 members (excludes halogenated alkanes) is 1. The van der Waals surface area contributed by atoms with Crippen molar-refractivity contribution >= 4 is 6.09 Å². The summed E-state index contributed by atoms with van der Waals surface area (Å²) >= 11 is 0. The van der Waals surface area contributed by atoms with Crippen molar-refractivity contribution in [3.8, 4) is 0 Å². The molecule has 0 rings (SSSR count). The fourth-order valence-corrected chi connectivity index (χ4v) is 1.95. The van der Waals surface area contributed by atoms with Gasteiger partial charge in [-0.1, -0.05) is 0 Å². The minimum atomic E-state index is -0.826. The fraction of sp³-hybridized carbons (Fsp3) is 0.929. The molecule has 7 heteroatoms. The van der Waals surface area contributed by atoms with Crippen LogP contribution in [-0.2, 0) is 0 Å². The van der Waals surface area contributed by atoms with E-state index in [-0.39, 0.29) is 0 Å². The number of carboxylic acid groups (broad SMARTS) is 1. The van der Waals surface area contributed by atoms with Crippen molar-refractivity contribution in [3.05, 3.63) is 0 Å². The Balaban J connectivity index is 3.52. The molecule has 21 heavy (non-hydrogen) atoms. The van der Waals surface area contributed by atoms with E-state index in [0.29, 0.717) is 26.2 Å². The van der Waals surface area contributed by atoms with E-state index in [9.17, 15) is 4.79 Å². The van der Waals surface area contributed by atoms with E-state index in [1.54, 1.807) is 0 Å². The smallest absolute Gasteiger partial charge is 0.407 e. The molecule has 0 unspecified atom stereocenters. The molecule has 0 aliphatic heterocycles. The molecule has 0 bridgehead atoms. The lowest BCUT2D eigenvalue weighted by molar-refractivity contribution is 0.143. The highest BCUT2D eigenvalue weighted by Crippen LogP contribution is 1.97. The Labute approximate surface area is 128 Å². The van der Waals surface area contributed by atoms with Gasteiger partial charge in [-0.2, -0.15) is 0 Å². The summed E-state index contributed by atoms with van der Waals surface area (Å²) in [6.45, 7) is 6.19. The second-order valence-corrected chi connectivity index (χ2v) is 5.11. The standard InChI is InChI=1S/C14H33N5O2/c15-6-3-9-17-8-1-2-12-19(14(20)21)13-5-11-18-10-4-7-16/h17-18H,1-13,15-16H2,(H,20,21). The van der Waals surface area contributed by atoms with Crippen molar-refractivity contribution in [2.75, 3.05) is 52.4 Å². The van der Waals surface area contributed by atoms with E-state index < -0.39 is 6.09 Å². The van der Waals surface area contributed by atoms with Crippen LogP contribution in [0.15, 0.2) is 0 Å². The highest BCUT2D eigenvalue weighted by Gasteiger charge is 2.10. The molecule has 126 valence electrons. The number of nitrogens with one attached hydrogen (secondary N) is 2. The van der Waals surface area contributed by atoms with E-state index >= 15 is 0 Å². The summed E-state index contributed by atoms with van der Waals surface area (Å²) in [6.07, 6.45) is 3.84. The minimum Gasteiger partial charge on any atom is -0.465 e. The first-order chi connectivity index (χ1) is 10.2. The first-order valence-corrected chi connectivity index (χ1v) is 8.01. The highest BCUT2D eigenvalue weighted by atomic mass is 16.4. The average molecular weight is 303 g/mol. The molecule has 0 fully saturated rings. The number of rotatable bonds is 15. The van der Waals surface area contributed by atoms with Gasteiger partial charge in [-0.15, -0.1) is 0 Å². The van der Waals surface area contributed by atoms with Gasteiger partial charge in [-0.25, -0.2) is 4.79 Å². The summed E-state index contributed by atoms with van der Waals surface area (Å²) in [5.74, 6) is 0. The van der Waals surface area contributed by atoms with Gasteiger partial charge in [0, 0.05) is 13.1 Å². The van der Waals surface area contributed by atoms with Gasteiger partial charge in [0.2, 0.25) is 0 Å². The van der Waals surface area contributed by atoms with E-state index in [0.717, 1.165) is 58.3 Å². The Hall–Kier alpha value is -0.890. The number of carbonyl (C=O) groups is 1. The summed E-state index contributed by atoms with van der Waals surface area (Å²) in [7, 11) is 0. The lowest BCUT2D eigenvalue weighted by Gasteiger charge is -2.19. The molecule has 1 amide bonds. The van der Waals surface area contributed by atoms with Crippen LogP contribution in [0.25, 0.3) is 0 Å². The van der Waals surface area contributed by atoms with Crippen LogP contribution in [0.2, 0.25) is 0 Å². The third-order valence-electron chi connectivity index (χ3n) is 3.20. The van der Waals surface area contributed by atoms with Crippen LogP contribution in [0.3, 0.4) is 0 Å². The Morgan fingerprint density at radius 2 is 1.29 bits per heavy atom. The van der Waals surface area contributed by atoms with Gasteiger partial charge in [-0.05, 0) is 71.4 Å². The van der Waals surface area contributed by atoms with Crippen molar-refractivity contribution < 1.29 is 9.90 Å². The normalized spacial score (nSPS) is 10.8. The van der Waals surface area contributed by atoms with E-state index in [4.69, 9.17) is 16.6 Å². The molecule has 0 atom stereocenters. The van der Waals surface area contributed by atoms with Crippen LogP contribution in [0.1, 0.15) is 32.1 Å². The third kappa shape index (κ3) is 13.8. The average Bonchev–Trinajstić information content (AvgIpc) is 2.47. The molecule has 0 aromatic heterocycles. The summed E-state index contributed by atoms with van der Waals surface area (Å²) in [4.78, 5) is 12.6. The maximum Gasteiger partial charge on any atom is 0.407 e. The molecule has 0 aromatic rings. The predicted octanol–water partition coefficient (Wildman–Crippen LogP) is 0.0135. The number of hydrogen-bond donors (Lipinski definition) is 5. The van der Waals surface area contributed by atoms with Gasteiger partial charge < -0.3 is 32.1 Å². The Morgan fingerprint density at radius 1 is 0.810 bits per heavy atom. The van der Waals surface area contributed by atoms with E-state index in [1.165, 1.54) is 4.90 Å². The SMILES string of the molecule is NCCCNCCCCN(CCCNCCCN)C(=O)O. The van der Waals surface area contributed by atoms with Crippen LogP contribution in [-0.4, -0.2) is 68.5 Å². The minimum absolute atomic E-state index is 0.589. The molecule has 0 aliphatic rings. The van der Waals surface area contributed by atoms with Gasteiger partial charge in [0.05, 0.1) is 0 Å². The Bertz CT molecular complexity index is 241. The third-order valence-corrected chi connectivity index (χ3v) is 3.20. The molecular formula is C14H33N5O2. The number of nitrogens with two attached hydrogens (primary N) is 2. The summed E-state index contributed by atoms with van der Waals surface area (Å²) in [5.41, 5.74) is 10.8. The van der Waals surface area contributed by atoms with E-state index in [1.807, 2.05) is 0 Å². The maximum absolute atomic E-state index is 11.1. The van der Waals surface area contributed by atoms with Gasteiger partial charge in [0.25, 0.3) is 0 Å². The van der Waals surface area contributed by atoms with Crippen molar-refractivity contribution in [3.63, 3.8) is 0 Å². The van der Waals surface area contributed by atoms with Gasteiger partial charge >= 0.3 is 6.09 Å². The van der Waals surface area contributed by atoms with Crippen molar-refractivity contribution in [2.45, 2.75) is 32.1 Å². The van der Waals surface area contributed by atoms with Crippen molar-refractivity contribution in [2.24, 2.45) is 11.5 Å². The van der Waals surface area contributed by atoms with Gasteiger partial charge in [0.15, 0.2) is 0 Å². The molecular weight excluding hydrogens is 270 g/mol. The van der Waals surface area contributed by atoms with Crippen LogP contribution in [0.5, 0.6) is 0 Å². The first kappa shape index (κ1) is 20.1. The van der Waals surface area contributed by atoms with Crippen LogP contribution in [0, 0.1) is 0 Å². The second kappa shape index (κ2) is 15.5. The summed E-state index contributed by atoms with van der Waals surface area (Å²) < 4.78 is 0. The molecule has 0 aliphatic carbocycles. The number of nitrogens with zero attached hydrogens (tertiary/aromatic N) is 1. The summed E-state index contributed by atoms with van der Waals surface area (Å²) in [5, 5.41) is 15.7. The van der Waals surface area contributed by atoms with Gasteiger partial charge in [0.1, 0.15) is 0 Å². The van der Waals surface area contributed by atoms with Crippen LogP contribution in [0.4, 0.5) is 4.79 Å². The topological polar surface area (TPSA) is 117 Å². The Kier molecular flexibility index (Phi) is 14.8. The first-order valence-electron chi connectivity index (χ1n) is 8.01. The maximum atomic E-state index is 11.1. The fourth-order valence-electron chi connectivity index (χ4n) is 1.95. The summed E-state index contributed by atoms with van der Waals surface area (Å²) in [6, 6.07) is 0. The molecule has 7 nitrogen and oxygen atoms in total. The monoisotopic (exact) mass is 303 g/mol. The molecule has 0 saturated carbocycles. The molecule has 0 heterocycles. The Morgan fingerprint density at radius 3 is 1.81 bits per heavy atom. The van der Waals surface area contributed by atoms with Crippen LogP contribution >= 0.6 is 0 Å². The molecule has 0 saturated heterocycles. The lowest BCUT2D eigenvalue weighted by atomic mass is 10.2. The van der Waals surface area contributed by atoms with Crippen molar-refractivity contribution in [1.82, 2.24) is 15.5 Å². The largest absolute Gasteiger partial charge is 0.465 e. The van der Waals surface area contributed by atoms with Gasteiger partial charge in [-0.3, -0.25) is 0 Å². The molecule has 7 N–H and O–H groups in total. The quantitative estimate of drug-likeness (QED) is 0.272.